The molecule has 1 amide bonds. The van der Waals surface area contributed by atoms with Gasteiger partial charge in [0.05, 0.1) is 24.6 Å². The van der Waals surface area contributed by atoms with Crippen molar-refractivity contribution in [2.24, 2.45) is 5.73 Å². The Kier molecular flexibility index (Phi) is 11.1. The molecular formula is C23H30Cl2N4O2. The minimum Gasteiger partial charge on any atom is -0.489 e. The molecule has 0 bridgehead atoms. The van der Waals surface area contributed by atoms with Crippen LogP contribution in [-0.2, 0) is 17.8 Å². The van der Waals surface area contributed by atoms with Gasteiger partial charge in [-0.05, 0) is 31.5 Å². The predicted molar refractivity (Wildman–Crippen MR) is 128 cm³/mol. The number of benzene rings is 2. The van der Waals surface area contributed by atoms with Crippen LogP contribution in [0.15, 0.2) is 67.1 Å². The van der Waals surface area contributed by atoms with Gasteiger partial charge in [0.1, 0.15) is 11.9 Å². The number of carbonyl (C=O) groups excluding carboxylic acids is 1. The number of rotatable bonds is 9. The second-order valence-corrected chi connectivity index (χ2v) is 7.32. The quantitative estimate of drug-likeness (QED) is 0.507. The highest BCUT2D eigenvalue weighted by molar-refractivity contribution is 5.85. The molecule has 0 fully saturated rings. The maximum absolute atomic E-state index is 12.3. The van der Waals surface area contributed by atoms with Crippen LogP contribution in [0.4, 0.5) is 0 Å². The summed E-state index contributed by atoms with van der Waals surface area (Å²) in [6, 6.07) is 17.3. The first-order chi connectivity index (χ1) is 14.0. The van der Waals surface area contributed by atoms with E-state index in [-0.39, 0.29) is 36.8 Å². The molecule has 2 aromatic carbocycles. The van der Waals surface area contributed by atoms with Gasteiger partial charge in [0.2, 0.25) is 5.91 Å². The summed E-state index contributed by atoms with van der Waals surface area (Å²) in [6.45, 7) is 5.07. The average molecular weight is 465 g/mol. The SMILES string of the molecule is Cc1ccc(OC(C)CNC(=O)[C@@H](N)Cc2cn(Cc3ccccc3)cn2)cc1.Cl.Cl. The van der Waals surface area contributed by atoms with Gasteiger partial charge in [-0.15, -0.1) is 24.8 Å². The molecule has 1 aromatic heterocycles. The lowest BCUT2D eigenvalue weighted by Gasteiger charge is -2.17. The fourth-order valence-electron chi connectivity index (χ4n) is 2.98. The zero-order chi connectivity index (χ0) is 20.6. The van der Waals surface area contributed by atoms with E-state index >= 15 is 0 Å². The third-order valence-corrected chi connectivity index (χ3v) is 4.58. The van der Waals surface area contributed by atoms with Crippen LogP contribution in [-0.4, -0.2) is 34.1 Å². The van der Waals surface area contributed by atoms with Crippen molar-refractivity contribution in [3.05, 3.63) is 83.9 Å². The molecule has 6 nitrogen and oxygen atoms in total. The van der Waals surface area contributed by atoms with Gasteiger partial charge in [-0.1, -0.05) is 48.0 Å². The van der Waals surface area contributed by atoms with Crippen LogP contribution < -0.4 is 15.8 Å². The highest BCUT2D eigenvalue weighted by Gasteiger charge is 2.16. The molecule has 0 saturated carbocycles. The van der Waals surface area contributed by atoms with Crippen molar-refractivity contribution in [2.75, 3.05) is 6.54 Å². The first kappa shape index (κ1) is 26.5. The molecule has 0 radical (unpaired) electrons. The van der Waals surface area contributed by atoms with Crippen LogP contribution in [0, 0.1) is 6.92 Å². The van der Waals surface area contributed by atoms with E-state index in [0.717, 1.165) is 18.0 Å². The second kappa shape index (κ2) is 13.0. The van der Waals surface area contributed by atoms with Gasteiger partial charge in [-0.25, -0.2) is 4.98 Å². The van der Waals surface area contributed by atoms with E-state index in [1.807, 2.05) is 67.1 Å². The standard InChI is InChI=1S/C23H28N4O2.2ClH/c1-17-8-10-21(11-9-17)29-18(2)13-25-23(28)22(24)12-20-15-27(16-26-20)14-19-6-4-3-5-7-19;;/h3-11,15-16,18,22H,12-14,24H2,1-2H3,(H,25,28);2*1H/t18?,22-;;/m0../s1. The lowest BCUT2D eigenvalue weighted by Crippen LogP contribution is -2.45. The van der Waals surface area contributed by atoms with Crippen LogP contribution in [0.5, 0.6) is 5.75 Å². The molecule has 1 unspecified atom stereocenters. The number of nitrogens with one attached hydrogen (secondary N) is 1. The Labute approximate surface area is 196 Å². The number of carbonyl (C=O) groups is 1. The summed E-state index contributed by atoms with van der Waals surface area (Å²) in [5.41, 5.74) is 9.23. The molecule has 0 aliphatic rings. The first-order valence-electron chi connectivity index (χ1n) is 9.81. The summed E-state index contributed by atoms with van der Waals surface area (Å²) in [4.78, 5) is 16.7. The number of hydrogen-bond acceptors (Lipinski definition) is 4. The third kappa shape index (κ3) is 8.61. The molecule has 2 atom stereocenters. The zero-order valence-electron chi connectivity index (χ0n) is 17.7. The maximum atomic E-state index is 12.3. The molecular weight excluding hydrogens is 435 g/mol. The molecule has 3 aromatic rings. The van der Waals surface area contributed by atoms with E-state index in [9.17, 15) is 4.79 Å². The van der Waals surface area contributed by atoms with Gasteiger partial charge in [0, 0.05) is 19.2 Å². The number of ether oxygens (including phenoxy) is 1. The number of hydrogen-bond donors (Lipinski definition) is 2. The molecule has 168 valence electrons. The van der Waals surface area contributed by atoms with Crippen molar-refractivity contribution in [1.82, 2.24) is 14.9 Å². The van der Waals surface area contributed by atoms with Crippen LogP contribution in [0.25, 0.3) is 0 Å². The van der Waals surface area contributed by atoms with Crippen LogP contribution >= 0.6 is 24.8 Å². The Morgan fingerprint density at radius 3 is 2.48 bits per heavy atom. The molecule has 0 aliphatic heterocycles. The molecule has 31 heavy (non-hydrogen) atoms. The summed E-state index contributed by atoms with van der Waals surface area (Å²) in [5.74, 6) is 0.576. The molecule has 8 heteroatoms. The van der Waals surface area contributed by atoms with Gasteiger partial charge in [0.25, 0.3) is 0 Å². The number of imidazole rings is 1. The lowest BCUT2D eigenvalue weighted by atomic mass is 10.1. The summed E-state index contributed by atoms with van der Waals surface area (Å²) in [6.07, 6.45) is 3.94. The van der Waals surface area contributed by atoms with Gasteiger partial charge in [0.15, 0.2) is 0 Å². The Bertz CT molecular complexity index is 917. The van der Waals surface area contributed by atoms with Crippen molar-refractivity contribution >= 4 is 30.7 Å². The molecule has 0 aliphatic carbocycles. The highest BCUT2D eigenvalue weighted by atomic mass is 35.5. The Hall–Kier alpha value is -2.54. The van der Waals surface area contributed by atoms with E-state index in [1.54, 1.807) is 6.33 Å². The Morgan fingerprint density at radius 1 is 1.13 bits per heavy atom. The van der Waals surface area contributed by atoms with Gasteiger partial charge in [-0.2, -0.15) is 0 Å². The molecule has 1 heterocycles. The van der Waals surface area contributed by atoms with Crippen molar-refractivity contribution < 1.29 is 9.53 Å². The zero-order valence-corrected chi connectivity index (χ0v) is 19.4. The summed E-state index contributed by atoms with van der Waals surface area (Å²) < 4.78 is 7.80. The fourth-order valence-corrected chi connectivity index (χ4v) is 2.98. The minimum absolute atomic E-state index is 0. The van der Waals surface area contributed by atoms with Crippen molar-refractivity contribution in [1.29, 1.82) is 0 Å². The maximum Gasteiger partial charge on any atom is 0.237 e. The van der Waals surface area contributed by atoms with Gasteiger partial charge >= 0.3 is 0 Å². The van der Waals surface area contributed by atoms with Crippen molar-refractivity contribution in [3.8, 4) is 5.75 Å². The van der Waals surface area contributed by atoms with Crippen molar-refractivity contribution in [3.63, 3.8) is 0 Å². The number of halogens is 2. The minimum atomic E-state index is -0.651. The van der Waals surface area contributed by atoms with E-state index in [1.165, 1.54) is 11.1 Å². The lowest BCUT2D eigenvalue weighted by molar-refractivity contribution is -0.122. The molecule has 0 spiro atoms. The number of nitrogens with two attached hydrogens (primary N) is 1. The van der Waals surface area contributed by atoms with Crippen LogP contribution in [0.1, 0.15) is 23.7 Å². The average Bonchev–Trinajstić information content (AvgIpc) is 3.15. The van der Waals surface area contributed by atoms with Gasteiger partial charge < -0.3 is 20.4 Å². The van der Waals surface area contributed by atoms with E-state index in [0.29, 0.717) is 13.0 Å². The largest absolute Gasteiger partial charge is 0.489 e. The first-order valence-corrected chi connectivity index (χ1v) is 9.81. The fraction of sp³-hybridized carbons (Fsp3) is 0.304. The van der Waals surface area contributed by atoms with E-state index in [4.69, 9.17) is 10.5 Å². The van der Waals surface area contributed by atoms with Gasteiger partial charge in [-0.3, -0.25) is 4.79 Å². The summed E-state index contributed by atoms with van der Waals surface area (Å²) >= 11 is 0. The smallest absolute Gasteiger partial charge is 0.237 e. The van der Waals surface area contributed by atoms with Crippen LogP contribution in [0.3, 0.4) is 0 Å². The van der Waals surface area contributed by atoms with Crippen LogP contribution in [0.2, 0.25) is 0 Å². The molecule has 0 saturated heterocycles. The molecule has 3 rings (SSSR count). The Balaban J connectivity index is 0.00000240. The Morgan fingerprint density at radius 2 is 1.81 bits per heavy atom. The second-order valence-electron chi connectivity index (χ2n) is 7.32. The molecule has 3 N–H and O–H groups in total. The number of nitrogens with zero attached hydrogens (tertiary/aromatic N) is 2. The number of aromatic nitrogens is 2. The number of aryl methyl sites for hydroxylation is 1. The topological polar surface area (TPSA) is 82.2 Å². The summed E-state index contributed by atoms with van der Waals surface area (Å²) in [5, 5.41) is 2.86. The predicted octanol–water partition coefficient (Wildman–Crippen LogP) is 3.54. The normalized spacial score (nSPS) is 12.1. The highest BCUT2D eigenvalue weighted by Crippen LogP contribution is 2.13. The third-order valence-electron chi connectivity index (χ3n) is 4.58. The van der Waals surface area contributed by atoms with E-state index in [2.05, 4.69) is 22.4 Å². The summed E-state index contributed by atoms with van der Waals surface area (Å²) in [7, 11) is 0. The van der Waals surface area contributed by atoms with E-state index < -0.39 is 6.04 Å². The monoisotopic (exact) mass is 464 g/mol. The number of amides is 1. The van der Waals surface area contributed by atoms with Crippen molar-refractivity contribution in [2.45, 2.75) is 39.0 Å².